The molecule has 0 heterocycles. The molecule has 1 atom stereocenters. The van der Waals surface area contributed by atoms with Crippen LogP contribution in [0.2, 0.25) is 0 Å². The Morgan fingerprint density at radius 1 is 1.29 bits per heavy atom. The van der Waals surface area contributed by atoms with Gasteiger partial charge in [0, 0.05) is 0 Å². The number of carbonyl (C=O) groups is 1. The largest absolute Gasteiger partial charge is 0.497 e. The highest BCUT2D eigenvalue weighted by Gasteiger charge is 2.34. The van der Waals surface area contributed by atoms with Gasteiger partial charge in [-0.1, -0.05) is 13.3 Å². The molecule has 0 amide bonds. The van der Waals surface area contributed by atoms with Crippen LogP contribution in [0, 0.1) is 0 Å². The number of ether oxygens (including phenoxy) is 2. The van der Waals surface area contributed by atoms with E-state index in [0.717, 1.165) is 6.42 Å². The average Bonchev–Trinajstić information content (AvgIpc) is 2.30. The molecule has 94 valence electrons. The van der Waals surface area contributed by atoms with Crippen LogP contribution < -0.4 is 9.47 Å². The second kappa shape index (κ2) is 5.57. The predicted octanol–water partition coefficient (Wildman–Crippen LogP) is 2.72. The van der Waals surface area contributed by atoms with Gasteiger partial charge in [-0.15, -0.1) is 0 Å². The molecule has 4 nitrogen and oxygen atoms in total. The summed E-state index contributed by atoms with van der Waals surface area (Å²) in [6.07, 6.45) is 1.22. The standard InChI is InChI=1S/C13H18O4/c1-4-9-13(2,12(14)15)17-11-7-5-10(16-3)6-8-11/h5-8H,4,9H2,1-3H3,(H,14,15). The fourth-order valence-electron chi connectivity index (χ4n) is 1.58. The Morgan fingerprint density at radius 2 is 1.82 bits per heavy atom. The van der Waals surface area contributed by atoms with E-state index in [4.69, 9.17) is 9.47 Å². The van der Waals surface area contributed by atoms with Gasteiger partial charge in [0.05, 0.1) is 7.11 Å². The maximum absolute atomic E-state index is 11.2. The highest BCUT2D eigenvalue weighted by Crippen LogP contribution is 2.25. The van der Waals surface area contributed by atoms with Crippen LogP contribution in [0.15, 0.2) is 24.3 Å². The van der Waals surface area contributed by atoms with E-state index >= 15 is 0 Å². The van der Waals surface area contributed by atoms with E-state index in [1.807, 2.05) is 6.92 Å². The summed E-state index contributed by atoms with van der Waals surface area (Å²) in [5.41, 5.74) is -1.18. The first kappa shape index (κ1) is 13.4. The lowest BCUT2D eigenvalue weighted by Crippen LogP contribution is -2.41. The van der Waals surface area contributed by atoms with Gasteiger partial charge >= 0.3 is 5.97 Å². The minimum atomic E-state index is -1.18. The van der Waals surface area contributed by atoms with Gasteiger partial charge in [0.2, 0.25) is 5.60 Å². The van der Waals surface area contributed by atoms with E-state index in [0.29, 0.717) is 17.9 Å². The Kier molecular flexibility index (Phi) is 4.37. The van der Waals surface area contributed by atoms with Crippen LogP contribution in [-0.2, 0) is 4.79 Å². The average molecular weight is 238 g/mol. The molecule has 0 spiro atoms. The van der Waals surface area contributed by atoms with Crippen LogP contribution in [0.25, 0.3) is 0 Å². The van der Waals surface area contributed by atoms with Crippen LogP contribution >= 0.6 is 0 Å². The number of carboxylic acid groups (broad SMARTS) is 1. The first-order valence-corrected chi connectivity index (χ1v) is 5.58. The molecule has 1 aromatic rings. The SMILES string of the molecule is CCCC(C)(Oc1ccc(OC)cc1)C(=O)O. The number of benzene rings is 1. The van der Waals surface area contributed by atoms with Gasteiger partial charge in [-0.05, 0) is 37.6 Å². The smallest absolute Gasteiger partial charge is 0.347 e. The van der Waals surface area contributed by atoms with Crippen molar-refractivity contribution in [2.24, 2.45) is 0 Å². The van der Waals surface area contributed by atoms with Crippen molar-refractivity contribution in [2.75, 3.05) is 7.11 Å². The second-order valence-corrected chi connectivity index (χ2v) is 4.06. The molecule has 0 aliphatic heterocycles. The fraction of sp³-hybridized carbons (Fsp3) is 0.462. The van der Waals surface area contributed by atoms with Gasteiger partial charge in [0.15, 0.2) is 0 Å². The van der Waals surface area contributed by atoms with E-state index < -0.39 is 11.6 Å². The number of rotatable bonds is 6. The van der Waals surface area contributed by atoms with Crippen molar-refractivity contribution in [1.82, 2.24) is 0 Å². The molecular formula is C13H18O4. The Labute approximate surface area is 101 Å². The molecule has 17 heavy (non-hydrogen) atoms. The summed E-state index contributed by atoms with van der Waals surface area (Å²) in [6, 6.07) is 6.89. The van der Waals surface area contributed by atoms with Gasteiger partial charge in [-0.2, -0.15) is 0 Å². The Morgan fingerprint density at radius 3 is 2.24 bits per heavy atom. The van der Waals surface area contributed by atoms with Crippen LogP contribution in [-0.4, -0.2) is 23.8 Å². The lowest BCUT2D eigenvalue weighted by Gasteiger charge is -2.25. The molecule has 0 bridgehead atoms. The molecule has 0 aliphatic carbocycles. The van der Waals surface area contributed by atoms with Gasteiger partial charge in [0.25, 0.3) is 0 Å². The molecule has 0 saturated heterocycles. The fourth-order valence-corrected chi connectivity index (χ4v) is 1.58. The predicted molar refractivity (Wildman–Crippen MR) is 64.6 cm³/mol. The lowest BCUT2D eigenvalue weighted by molar-refractivity contribution is -0.154. The van der Waals surface area contributed by atoms with E-state index in [2.05, 4.69) is 0 Å². The molecule has 0 saturated carbocycles. The minimum Gasteiger partial charge on any atom is -0.497 e. The van der Waals surface area contributed by atoms with Crippen molar-refractivity contribution < 1.29 is 19.4 Å². The molecule has 1 unspecified atom stereocenters. The first-order chi connectivity index (χ1) is 8.01. The van der Waals surface area contributed by atoms with Crippen LogP contribution in [0.4, 0.5) is 0 Å². The minimum absolute atomic E-state index is 0.467. The zero-order valence-corrected chi connectivity index (χ0v) is 10.4. The zero-order valence-electron chi connectivity index (χ0n) is 10.4. The Bertz CT molecular complexity index is 372. The van der Waals surface area contributed by atoms with Crippen molar-refractivity contribution in [1.29, 1.82) is 0 Å². The quantitative estimate of drug-likeness (QED) is 0.827. The van der Waals surface area contributed by atoms with Gasteiger partial charge in [-0.25, -0.2) is 4.79 Å². The number of carboxylic acids is 1. The zero-order chi connectivity index (χ0) is 12.9. The molecule has 0 fully saturated rings. The summed E-state index contributed by atoms with van der Waals surface area (Å²) in [7, 11) is 1.58. The monoisotopic (exact) mass is 238 g/mol. The number of hydrogen-bond donors (Lipinski definition) is 1. The Balaban J connectivity index is 2.82. The topological polar surface area (TPSA) is 55.8 Å². The summed E-state index contributed by atoms with van der Waals surface area (Å²) in [6.45, 7) is 3.52. The molecule has 1 N–H and O–H groups in total. The maximum atomic E-state index is 11.2. The summed E-state index contributed by atoms with van der Waals surface area (Å²) < 4.78 is 10.6. The van der Waals surface area contributed by atoms with Crippen molar-refractivity contribution in [3.63, 3.8) is 0 Å². The molecule has 1 aromatic carbocycles. The van der Waals surface area contributed by atoms with Gasteiger partial charge in [0.1, 0.15) is 11.5 Å². The van der Waals surface area contributed by atoms with Crippen LogP contribution in [0.1, 0.15) is 26.7 Å². The lowest BCUT2D eigenvalue weighted by atomic mass is 10.0. The van der Waals surface area contributed by atoms with E-state index in [1.54, 1.807) is 38.3 Å². The summed E-state index contributed by atoms with van der Waals surface area (Å²) in [5, 5.41) is 9.18. The molecule has 0 radical (unpaired) electrons. The first-order valence-electron chi connectivity index (χ1n) is 5.58. The molecule has 0 aromatic heterocycles. The van der Waals surface area contributed by atoms with E-state index in [9.17, 15) is 9.90 Å². The third-order valence-corrected chi connectivity index (χ3v) is 2.58. The highest BCUT2D eigenvalue weighted by molar-refractivity contribution is 5.77. The normalized spacial score (nSPS) is 13.8. The number of hydrogen-bond acceptors (Lipinski definition) is 3. The number of aliphatic carboxylic acids is 1. The van der Waals surface area contributed by atoms with Crippen molar-refractivity contribution in [3.8, 4) is 11.5 Å². The molecule has 4 heteroatoms. The molecule has 0 aliphatic rings. The van der Waals surface area contributed by atoms with Gasteiger partial charge in [-0.3, -0.25) is 0 Å². The Hall–Kier alpha value is -1.71. The third kappa shape index (κ3) is 3.37. The third-order valence-electron chi connectivity index (χ3n) is 2.58. The molecular weight excluding hydrogens is 220 g/mol. The van der Waals surface area contributed by atoms with Crippen molar-refractivity contribution in [3.05, 3.63) is 24.3 Å². The summed E-state index contributed by atoms with van der Waals surface area (Å²) in [5.74, 6) is 0.296. The summed E-state index contributed by atoms with van der Waals surface area (Å²) >= 11 is 0. The molecule has 1 rings (SSSR count). The van der Waals surface area contributed by atoms with Crippen LogP contribution in [0.5, 0.6) is 11.5 Å². The van der Waals surface area contributed by atoms with Crippen molar-refractivity contribution >= 4 is 5.97 Å². The van der Waals surface area contributed by atoms with E-state index in [-0.39, 0.29) is 0 Å². The number of methoxy groups -OCH3 is 1. The van der Waals surface area contributed by atoms with E-state index in [1.165, 1.54) is 0 Å². The van der Waals surface area contributed by atoms with Crippen LogP contribution in [0.3, 0.4) is 0 Å². The maximum Gasteiger partial charge on any atom is 0.347 e. The highest BCUT2D eigenvalue weighted by atomic mass is 16.5. The second-order valence-electron chi connectivity index (χ2n) is 4.06. The summed E-state index contributed by atoms with van der Waals surface area (Å²) in [4.78, 5) is 11.2. The van der Waals surface area contributed by atoms with Gasteiger partial charge < -0.3 is 14.6 Å². The van der Waals surface area contributed by atoms with Crippen molar-refractivity contribution in [2.45, 2.75) is 32.3 Å².